The van der Waals surface area contributed by atoms with Gasteiger partial charge in [-0.25, -0.2) is 0 Å². The second-order valence-corrected chi connectivity index (χ2v) is 8.49. The molecule has 0 amide bonds. The summed E-state index contributed by atoms with van der Waals surface area (Å²) in [5, 5.41) is 0. The standard InChI is InChI=1S/C20H23BrO3S/c1-20(2)23-18(13-22-12-15-7-4-3-5-8-15)19(24-20)14-25-17-10-6-9-16(21)11-17/h3-11,18-19H,12-14H2,1-2H3/t18-,19-/m0/s1. The van der Waals surface area contributed by atoms with Crippen LogP contribution in [0.15, 0.2) is 64.0 Å². The van der Waals surface area contributed by atoms with Crippen LogP contribution in [0.5, 0.6) is 0 Å². The summed E-state index contributed by atoms with van der Waals surface area (Å²) < 4.78 is 19.1. The van der Waals surface area contributed by atoms with E-state index in [4.69, 9.17) is 14.2 Å². The molecule has 0 N–H and O–H groups in total. The zero-order valence-corrected chi connectivity index (χ0v) is 16.9. The Morgan fingerprint density at radius 1 is 1.04 bits per heavy atom. The van der Waals surface area contributed by atoms with Crippen LogP contribution in [0.2, 0.25) is 0 Å². The van der Waals surface area contributed by atoms with E-state index < -0.39 is 5.79 Å². The lowest BCUT2D eigenvalue weighted by Gasteiger charge is -2.17. The number of benzene rings is 2. The number of hydrogen-bond acceptors (Lipinski definition) is 4. The summed E-state index contributed by atoms with van der Waals surface area (Å²) in [6, 6.07) is 18.5. The molecule has 1 fully saturated rings. The summed E-state index contributed by atoms with van der Waals surface area (Å²) in [5.74, 6) is 0.266. The number of thioether (sulfide) groups is 1. The molecule has 3 rings (SSSR count). The third-order valence-corrected chi connectivity index (χ3v) is 5.46. The maximum atomic E-state index is 6.08. The first kappa shape index (κ1) is 18.9. The molecule has 1 aliphatic rings. The average molecular weight is 423 g/mol. The fourth-order valence-corrected chi connectivity index (χ4v) is 4.37. The molecule has 0 saturated carbocycles. The van der Waals surface area contributed by atoms with E-state index in [0.29, 0.717) is 13.2 Å². The predicted octanol–water partition coefficient (Wildman–Crippen LogP) is 5.28. The predicted molar refractivity (Wildman–Crippen MR) is 105 cm³/mol. The minimum Gasteiger partial charge on any atom is -0.374 e. The number of ether oxygens (including phenoxy) is 3. The lowest BCUT2D eigenvalue weighted by molar-refractivity contribution is -0.150. The van der Waals surface area contributed by atoms with Gasteiger partial charge in [0, 0.05) is 15.1 Å². The Labute approximate surface area is 162 Å². The van der Waals surface area contributed by atoms with E-state index in [2.05, 4.69) is 40.2 Å². The minimum absolute atomic E-state index is 0.00903. The maximum Gasteiger partial charge on any atom is 0.163 e. The summed E-state index contributed by atoms with van der Waals surface area (Å²) in [5.41, 5.74) is 1.17. The third kappa shape index (κ3) is 5.83. The smallest absolute Gasteiger partial charge is 0.163 e. The molecule has 0 unspecified atom stereocenters. The monoisotopic (exact) mass is 422 g/mol. The first-order valence-electron chi connectivity index (χ1n) is 8.37. The molecular weight excluding hydrogens is 400 g/mol. The largest absolute Gasteiger partial charge is 0.374 e. The van der Waals surface area contributed by atoms with Crippen LogP contribution in [-0.4, -0.2) is 30.4 Å². The van der Waals surface area contributed by atoms with Crippen molar-refractivity contribution in [3.05, 3.63) is 64.6 Å². The van der Waals surface area contributed by atoms with Crippen molar-refractivity contribution in [2.45, 2.75) is 43.3 Å². The molecule has 0 aromatic heterocycles. The zero-order valence-electron chi connectivity index (χ0n) is 14.5. The molecule has 5 heteroatoms. The molecule has 25 heavy (non-hydrogen) atoms. The molecule has 134 valence electrons. The van der Waals surface area contributed by atoms with Gasteiger partial charge in [-0.3, -0.25) is 0 Å². The molecule has 2 aromatic rings. The highest BCUT2D eigenvalue weighted by Crippen LogP contribution is 2.32. The Bertz CT molecular complexity index is 678. The Balaban J connectivity index is 1.53. The molecule has 1 saturated heterocycles. The van der Waals surface area contributed by atoms with E-state index in [9.17, 15) is 0 Å². The lowest BCUT2D eigenvalue weighted by Crippen LogP contribution is -2.29. The fraction of sp³-hybridized carbons (Fsp3) is 0.400. The second-order valence-electron chi connectivity index (χ2n) is 6.48. The fourth-order valence-electron chi connectivity index (χ4n) is 2.79. The normalized spacial score (nSPS) is 22.2. The molecular formula is C20H23BrO3S. The molecule has 2 atom stereocenters. The van der Waals surface area contributed by atoms with Crippen molar-refractivity contribution < 1.29 is 14.2 Å². The highest BCUT2D eigenvalue weighted by molar-refractivity contribution is 9.10. The van der Waals surface area contributed by atoms with Crippen LogP contribution >= 0.6 is 27.7 Å². The summed E-state index contributed by atoms with van der Waals surface area (Å²) in [7, 11) is 0. The van der Waals surface area contributed by atoms with Crippen molar-refractivity contribution in [2.75, 3.05) is 12.4 Å². The van der Waals surface area contributed by atoms with E-state index in [-0.39, 0.29) is 12.2 Å². The topological polar surface area (TPSA) is 27.7 Å². The van der Waals surface area contributed by atoms with Crippen LogP contribution in [0, 0.1) is 0 Å². The molecule has 1 aliphatic heterocycles. The van der Waals surface area contributed by atoms with Gasteiger partial charge in [-0.2, -0.15) is 0 Å². The van der Waals surface area contributed by atoms with Gasteiger partial charge in [0.05, 0.1) is 19.3 Å². The molecule has 1 heterocycles. The highest BCUT2D eigenvalue weighted by Gasteiger charge is 2.41. The van der Waals surface area contributed by atoms with Crippen LogP contribution < -0.4 is 0 Å². The van der Waals surface area contributed by atoms with E-state index in [1.54, 1.807) is 11.8 Å². The van der Waals surface area contributed by atoms with Gasteiger partial charge in [0.1, 0.15) is 6.10 Å². The molecule has 2 aromatic carbocycles. The Morgan fingerprint density at radius 2 is 1.80 bits per heavy atom. The van der Waals surface area contributed by atoms with E-state index in [0.717, 1.165) is 10.2 Å². The van der Waals surface area contributed by atoms with Crippen molar-refractivity contribution in [3.63, 3.8) is 0 Å². The summed E-state index contributed by atoms with van der Waals surface area (Å²) in [6.45, 7) is 5.04. The SMILES string of the molecule is CC1(C)O[C@@H](COCc2ccccc2)[C@H](CSc2cccc(Br)c2)O1. The van der Waals surface area contributed by atoms with E-state index in [1.807, 2.05) is 44.2 Å². The van der Waals surface area contributed by atoms with Crippen LogP contribution in [-0.2, 0) is 20.8 Å². The maximum absolute atomic E-state index is 6.08. The molecule has 0 spiro atoms. The number of rotatable bonds is 7. The van der Waals surface area contributed by atoms with Crippen molar-refractivity contribution in [3.8, 4) is 0 Å². The molecule has 3 nitrogen and oxygen atoms in total. The summed E-state index contributed by atoms with van der Waals surface area (Å²) in [4.78, 5) is 1.21. The van der Waals surface area contributed by atoms with Crippen molar-refractivity contribution in [2.24, 2.45) is 0 Å². The van der Waals surface area contributed by atoms with Crippen LogP contribution in [0.25, 0.3) is 0 Å². The first-order valence-corrected chi connectivity index (χ1v) is 10.2. The minimum atomic E-state index is -0.566. The Hall–Kier alpha value is -0.850. The van der Waals surface area contributed by atoms with Gasteiger partial charge in [-0.15, -0.1) is 11.8 Å². The highest BCUT2D eigenvalue weighted by atomic mass is 79.9. The van der Waals surface area contributed by atoms with Gasteiger partial charge in [-0.1, -0.05) is 52.3 Å². The molecule has 0 aliphatic carbocycles. The zero-order chi connectivity index (χ0) is 17.7. The van der Waals surface area contributed by atoms with Gasteiger partial charge in [0.15, 0.2) is 5.79 Å². The van der Waals surface area contributed by atoms with Crippen molar-refractivity contribution in [1.29, 1.82) is 0 Å². The van der Waals surface area contributed by atoms with Gasteiger partial charge >= 0.3 is 0 Å². The van der Waals surface area contributed by atoms with Crippen LogP contribution in [0.1, 0.15) is 19.4 Å². The van der Waals surface area contributed by atoms with Crippen LogP contribution in [0.4, 0.5) is 0 Å². The van der Waals surface area contributed by atoms with E-state index in [1.165, 1.54) is 10.5 Å². The van der Waals surface area contributed by atoms with Crippen LogP contribution in [0.3, 0.4) is 0 Å². The lowest BCUT2D eigenvalue weighted by atomic mass is 10.2. The van der Waals surface area contributed by atoms with Gasteiger partial charge in [-0.05, 0) is 37.6 Å². The van der Waals surface area contributed by atoms with Gasteiger partial charge in [0.2, 0.25) is 0 Å². The van der Waals surface area contributed by atoms with E-state index >= 15 is 0 Å². The van der Waals surface area contributed by atoms with Crippen molar-refractivity contribution in [1.82, 2.24) is 0 Å². The Kier molecular flexibility index (Phi) is 6.58. The second kappa shape index (κ2) is 8.69. The van der Waals surface area contributed by atoms with Gasteiger partial charge in [0.25, 0.3) is 0 Å². The summed E-state index contributed by atoms with van der Waals surface area (Å²) in [6.07, 6.45) is -0.0480. The van der Waals surface area contributed by atoms with Crippen molar-refractivity contribution >= 4 is 27.7 Å². The third-order valence-electron chi connectivity index (χ3n) is 3.89. The number of hydrogen-bond donors (Lipinski definition) is 0. The Morgan fingerprint density at radius 3 is 2.56 bits per heavy atom. The molecule has 0 radical (unpaired) electrons. The summed E-state index contributed by atoms with van der Waals surface area (Å²) >= 11 is 5.29. The average Bonchev–Trinajstić information content (AvgIpc) is 2.88. The quantitative estimate of drug-likeness (QED) is 0.567. The van der Waals surface area contributed by atoms with Gasteiger partial charge < -0.3 is 14.2 Å². The molecule has 0 bridgehead atoms. The first-order chi connectivity index (χ1) is 12.0. The number of halogens is 1.